The summed E-state index contributed by atoms with van der Waals surface area (Å²) < 4.78 is 2.89. The van der Waals surface area contributed by atoms with Gasteiger partial charge in [-0.15, -0.1) is 0 Å². The molecular formula is C16H22IN7O. The first kappa shape index (κ1) is 17.0. The zero-order valence-electron chi connectivity index (χ0n) is 14.2. The summed E-state index contributed by atoms with van der Waals surface area (Å²) in [5.41, 5.74) is 6.82. The van der Waals surface area contributed by atoms with E-state index in [-0.39, 0.29) is 5.91 Å². The van der Waals surface area contributed by atoms with Gasteiger partial charge in [-0.2, -0.15) is 5.10 Å². The number of carbonyl (C=O) groups is 1. The molecule has 134 valence electrons. The topological polar surface area (TPSA) is 93.2 Å². The van der Waals surface area contributed by atoms with Crippen LogP contribution in [0.15, 0.2) is 6.33 Å². The lowest BCUT2D eigenvalue weighted by Crippen LogP contribution is -2.52. The summed E-state index contributed by atoms with van der Waals surface area (Å²) in [5.74, 6) is 0.721. The van der Waals surface area contributed by atoms with Crippen molar-refractivity contribution >= 4 is 45.3 Å². The molecule has 0 spiro atoms. The second-order valence-electron chi connectivity index (χ2n) is 6.94. The fourth-order valence-electron chi connectivity index (χ4n) is 3.96. The number of fused-ring (bicyclic) bond motifs is 1. The average Bonchev–Trinajstić information content (AvgIpc) is 2.96. The summed E-state index contributed by atoms with van der Waals surface area (Å²) in [7, 11) is 1.88. The first-order valence-electron chi connectivity index (χ1n) is 8.67. The van der Waals surface area contributed by atoms with Crippen molar-refractivity contribution in [2.45, 2.75) is 37.8 Å². The van der Waals surface area contributed by atoms with E-state index in [1.807, 2.05) is 16.6 Å². The Hall–Kier alpha value is -1.49. The Balaban J connectivity index is 1.48. The molecule has 1 amide bonds. The number of halogens is 1. The molecule has 8 nitrogen and oxygen atoms in total. The Kier molecular flexibility index (Phi) is 4.52. The number of hydrogen-bond donors (Lipinski definition) is 1. The van der Waals surface area contributed by atoms with Crippen LogP contribution in [0.5, 0.6) is 0 Å². The zero-order chi connectivity index (χ0) is 17.6. The molecule has 0 atom stereocenters. The van der Waals surface area contributed by atoms with Crippen LogP contribution in [0.1, 0.15) is 31.7 Å². The molecule has 0 bridgehead atoms. The maximum absolute atomic E-state index is 12.0. The fraction of sp³-hybridized carbons (Fsp3) is 0.625. The van der Waals surface area contributed by atoms with Crippen LogP contribution in [-0.2, 0) is 4.79 Å². The normalized spacial score (nSPS) is 25.7. The van der Waals surface area contributed by atoms with Crippen molar-refractivity contribution in [1.29, 1.82) is 0 Å². The molecule has 1 saturated heterocycles. The Labute approximate surface area is 159 Å². The van der Waals surface area contributed by atoms with Crippen LogP contribution >= 0.6 is 22.6 Å². The summed E-state index contributed by atoms with van der Waals surface area (Å²) in [6.45, 7) is 2.36. The van der Waals surface area contributed by atoms with Crippen LogP contribution in [0.2, 0.25) is 0 Å². The molecule has 2 fully saturated rings. The highest BCUT2D eigenvalue weighted by Crippen LogP contribution is 2.34. The lowest BCUT2D eigenvalue weighted by Gasteiger charge is -2.40. The van der Waals surface area contributed by atoms with Gasteiger partial charge in [-0.25, -0.2) is 14.6 Å². The van der Waals surface area contributed by atoms with Gasteiger partial charge in [0.15, 0.2) is 5.65 Å². The standard InChI is InChI=1S/C16H22IN7O/c1-22-6-7-23(8-12(22)25)10-2-4-11(5-3-10)24-16-13(14(17)21-24)15(18)19-9-20-16/h9-11H,2-8H2,1H3,(H2,18,19,20)/t10-,11+. The number of likely N-dealkylation sites (N-methyl/N-ethyl adjacent to an activating group) is 1. The molecule has 1 aliphatic heterocycles. The fourth-order valence-corrected chi connectivity index (χ4v) is 4.71. The Morgan fingerprint density at radius 3 is 2.60 bits per heavy atom. The highest BCUT2D eigenvalue weighted by molar-refractivity contribution is 14.1. The number of nitrogen functional groups attached to an aromatic ring is 1. The van der Waals surface area contributed by atoms with E-state index in [1.165, 1.54) is 6.33 Å². The van der Waals surface area contributed by atoms with Gasteiger partial charge in [-0.1, -0.05) is 0 Å². The van der Waals surface area contributed by atoms with E-state index in [4.69, 9.17) is 5.73 Å². The second-order valence-corrected chi connectivity index (χ2v) is 7.96. The molecule has 1 aliphatic carbocycles. The van der Waals surface area contributed by atoms with E-state index in [0.29, 0.717) is 24.4 Å². The summed E-state index contributed by atoms with van der Waals surface area (Å²) in [5, 5.41) is 5.54. The number of amides is 1. The van der Waals surface area contributed by atoms with Crippen LogP contribution in [0.25, 0.3) is 11.0 Å². The van der Waals surface area contributed by atoms with Gasteiger partial charge < -0.3 is 10.6 Å². The minimum Gasteiger partial charge on any atom is -0.383 e. The van der Waals surface area contributed by atoms with Crippen molar-refractivity contribution in [2.24, 2.45) is 0 Å². The Morgan fingerprint density at radius 2 is 1.88 bits per heavy atom. The van der Waals surface area contributed by atoms with Crippen LogP contribution in [0.4, 0.5) is 5.82 Å². The molecule has 4 rings (SSSR count). The van der Waals surface area contributed by atoms with Crippen molar-refractivity contribution in [2.75, 3.05) is 32.4 Å². The van der Waals surface area contributed by atoms with E-state index in [2.05, 4.69) is 42.6 Å². The van der Waals surface area contributed by atoms with Gasteiger partial charge in [-0.3, -0.25) is 9.69 Å². The van der Waals surface area contributed by atoms with Crippen molar-refractivity contribution < 1.29 is 4.79 Å². The van der Waals surface area contributed by atoms with Crippen molar-refractivity contribution in [3.63, 3.8) is 0 Å². The molecular weight excluding hydrogens is 433 g/mol. The summed E-state index contributed by atoms with van der Waals surface area (Å²) in [4.78, 5) is 24.6. The molecule has 3 heterocycles. The number of rotatable bonds is 2. The number of piperazine rings is 1. The molecule has 0 radical (unpaired) electrons. The van der Waals surface area contributed by atoms with Crippen LogP contribution in [0, 0.1) is 3.70 Å². The molecule has 2 aromatic rings. The highest BCUT2D eigenvalue weighted by Gasteiger charge is 2.32. The average molecular weight is 455 g/mol. The lowest BCUT2D eigenvalue weighted by atomic mass is 9.90. The predicted octanol–water partition coefficient (Wildman–Crippen LogP) is 1.27. The number of carbonyl (C=O) groups excluding carboxylic acids is 1. The van der Waals surface area contributed by atoms with Gasteiger partial charge in [-0.05, 0) is 48.3 Å². The third kappa shape index (κ3) is 3.07. The first-order chi connectivity index (χ1) is 12.0. The summed E-state index contributed by atoms with van der Waals surface area (Å²) in [6, 6.07) is 0.828. The van der Waals surface area contributed by atoms with Crippen molar-refractivity contribution in [1.82, 2.24) is 29.5 Å². The molecule has 9 heteroatoms. The monoisotopic (exact) mass is 455 g/mol. The Bertz CT molecular complexity index is 799. The van der Waals surface area contributed by atoms with E-state index < -0.39 is 0 Å². The number of nitrogens with two attached hydrogens (primary N) is 1. The van der Waals surface area contributed by atoms with Gasteiger partial charge >= 0.3 is 0 Å². The maximum atomic E-state index is 12.0. The van der Waals surface area contributed by atoms with Crippen LogP contribution in [0.3, 0.4) is 0 Å². The minimum absolute atomic E-state index is 0.230. The molecule has 2 N–H and O–H groups in total. The number of aromatic nitrogens is 4. The number of hydrogen-bond acceptors (Lipinski definition) is 6. The molecule has 2 aromatic heterocycles. The molecule has 2 aliphatic rings. The van der Waals surface area contributed by atoms with Gasteiger partial charge in [0.2, 0.25) is 5.91 Å². The summed E-state index contributed by atoms with van der Waals surface area (Å²) >= 11 is 2.20. The summed E-state index contributed by atoms with van der Waals surface area (Å²) in [6.07, 6.45) is 5.76. The van der Waals surface area contributed by atoms with Crippen LogP contribution in [-0.4, -0.2) is 68.2 Å². The smallest absolute Gasteiger partial charge is 0.236 e. The van der Waals surface area contributed by atoms with Gasteiger partial charge in [0, 0.05) is 26.2 Å². The third-order valence-electron chi connectivity index (χ3n) is 5.49. The second kappa shape index (κ2) is 6.67. The molecule has 0 unspecified atom stereocenters. The van der Waals surface area contributed by atoms with E-state index in [1.54, 1.807) is 0 Å². The first-order valence-corrected chi connectivity index (χ1v) is 9.74. The van der Waals surface area contributed by atoms with Crippen LogP contribution < -0.4 is 5.73 Å². The maximum Gasteiger partial charge on any atom is 0.236 e. The zero-order valence-corrected chi connectivity index (χ0v) is 16.4. The van der Waals surface area contributed by atoms with E-state index in [0.717, 1.165) is 53.5 Å². The quantitative estimate of drug-likeness (QED) is 0.686. The minimum atomic E-state index is 0.230. The van der Waals surface area contributed by atoms with Crippen molar-refractivity contribution in [3.8, 4) is 0 Å². The number of anilines is 1. The van der Waals surface area contributed by atoms with Crippen molar-refractivity contribution in [3.05, 3.63) is 10.0 Å². The van der Waals surface area contributed by atoms with Gasteiger partial charge in [0.1, 0.15) is 15.8 Å². The Morgan fingerprint density at radius 1 is 1.16 bits per heavy atom. The van der Waals surface area contributed by atoms with E-state index in [9.17, 15) is 4.79 Å². The van der Waals surface area contributed by atoms with Gasteiger partial charge in [0.05, 0.1) is 18.0 Å². The largest absolute Gasteiger partial charge is 0.383 e. The molecule has 0 aromatic carbocycles. The SMILES string of the molecule is CN1CCN([C@H]2CC[C@@H](n3nc(I)c4c(N)ncnc43)CC2)CC1=O. The number of nitrogens with zero attached hydrogens (tertiary/aromatic N) is 6. The van der Waals surface area contributed by atoms with E-state index >= 15 is 0 Å². The van der Waals surface area contributed by atoms with Gasteiger partial charge in [0.25, 0.3) is 0 Å². The predicted molar refractivity (Wildman–Crippen MR) is 103 cm³/mol. The molecule has 1 saturated carbocycles. The molecule has 25 heavy (non-hydrogen) atoms. The third-order valence-corrected chi connectivity index (χ3v) is 6.25. The highest BCUT2D eigenvalue weighted by atomic mass is 127. The lowest BCUT2D eigenvalue weighted by molar-refractivity contribution is -0.135.